The first-order valence-corrected chi connectivity index (χ1v) is 5.91. The van der Waals surface area contributed by atoms with Crippen molar-refractivity contribution in [2.75, 3.05) is 19.7 Å². The molecule has 2 rings (SSSR count). The van der Waals surface area contributed by atoms with Gasteiger partial charge in [0.2, 0.25) is 5.91 Å². The molecule has 1 fully saturated rings. The molecule has 1 aromatic rings. The number of ether oxygens (including phenoxy) is 1. The lowest BCUT2D eigenvalue weighted by molar-refractivity contribution is -0.125. The van der Waals surface area contributed by atoms with Gasteiger partial charge in [-0.05, 0) is 19.1 Å². The third kappa shape index (κ3) is 3.57. The average molecular weight is 238 g/mol. The molecule has 17 heavy (non-hydrogen) atoms. The zero-order valence-electron chi connectivity index (χ0n) is 9.94. The van der Waals surface area contributed by atoms with E-state index in [0.717, 1.165) is 18.8 Å². The molecule has 1 aliphatic heterocycles. The molecule has 1 aliphatic rings. The van der Waals surface area contributed by atoms with Gasteiger partial charge in [0.1, 0.15) is 5.76 Å². The van der Waals surface area contributed by atoms with Crippen molar-refractivity contribution in [1.29, 1.82) is 0 Å². The number of carbonyl (C=O) groups excluding carboxylic acids is 1. The Labute approximate surface area is 101 Å². The van der Waals surface area contributed by atoms with Crippen LogP contribution in [0.4, 0.5) is 0 Å². The van der Waals surface area contributed by atoms with Gasteiger partial charge >= 0.3 is 0 Å². The number of nitrogens with one attached hydrogen (secondary N) is 2. The highest BCUT2D eigenvalue weighted by molar-refractivity contribution is 5.76. The van der Waals surface area contributed by atoms with Gasteiger partial charge in [-0.2, -0.15) is 0 Å². The quantitative estimate of drug-likeness (QED) is 0.815. The van der Waals surface area contributed by atoms with Gasteiger partial charge in [-0.25, -0.2) is 0 Å². The van der Waals surface area contributed by atoms with Gasteiger partial charge in [0.25, 0.3) is 0 Å². The van der Waals surface area contributed by atoms with E-state index in [4.69, 9.17) is 9.15 Å². The van der Waals surface area contributed by atoms with Gasteiger partial charge in [0, 0.05) is 13.1 Å². The van der Waals surface area contributed by atoms with Crippen LogP contribution in [0.25, 0.3) is 0 Å². The molecule has 0 spiro atoms. The molecule has 0 saturated carbocycles. The maximum Gasteiger partial charge on any atom is 0.223 e. The van der Waals surface area contributed by atoms with Crippen LogP contribution in [0.15, 0.2) is 22.8 Å². The van der Waals surface area contributed by atoms with Crippen molar-refractivity contribution < 1.29 is 13.9 Å². The monoisotopic (exact) mass is 238 g/mol. The summed E-state index contributed by atoms with van der Waals surface area (Å²) in [6.07, 6.45) is 1.97. The summed E-state index contributed by atoms with van der Waals surface area (Å²) in [4.78, 5) is 11.8. The van der Waals surface area contributed by atoms with E-state index in [1.54, 1.807) is 6.26 Å². The van der Waals surface area contributed by atoms with Crippen LogP contribution in [-0.2, 0) is 9.53 Å². The number of hydrogen-bond acceptors (Lipinski definition) is 4. The molecule has 2 atom stereocenters. The fraction of sp³-hybridized carbons (Fsp3) is 0.583. The Bertz CT molecular complexity index is 345. The van der Waals surface area contributed by atoms with Gasteiger partial charge in [-0.1, -0.05) is 0 Å². The number of morpholine rings is 1. The van der Waals surface area contributed by atoms with Gasteiger partial charge < -0.3 is 19.8 Å². The minimum atomic E-state index is -0.103. The number of carbonyl (C=O) groups is 1. The Balaban J connectivity index is 1.76. The second kappa shape index (κ2) is 5.84. The zero-order chi connectivity index (χ0) is 12.1. The predicted octanol–water partition coefficient (Wildman–Crippen LogP) is 0.835. The van der Waals surface area contributed by atoms with Crippen molar-refractivity contribution in [2.24, 2.45) is 0 Å². The van der Waals surface area contributed by atoms with Crippen molar-refractivity contribution in [3.63, 3.8) is 0 Å². The topological polar surface area (TPSA) is 63.5 Å². The molecule has 2 N–H and O–H groups in total. The number of furan rings is 1. The van der Waals surface area contributed by atoms with Crippen molar-refractivity contribution in [1.82, 2.24) is 10.6 Å². The van der Waals surface area contributed by atoms with Crippen LogP contribution in [0, 0.1) is 0 Å². The highest BCUT2D eigenvalue weighted by Gasteiger charge is 2.19. The number of rotatable bonds is 4. The summed E-state index contributed by atoms with van der Waals surface area (Å²) in [7, 11) is 0. The Morgan fingerprint density at radius 3 is 3.24 bits per heavy atom. The van der Waals surface area contributed by atoms with E-state index >= 15 is 0 Å². The van der Waals surface area contributed by atoms with Crippen molar-refractivity contribution in [2.45, 2.75) is 25.5 Å². The minimum Gasteiger partial charge on any atom is -0.467 e. The van der Waals surface area contributed by atoms with Gasteiger partial charge in [-0.15, -0.1) is 0 Å². The second-order valence-electron chi connectivity index (χ2n) is 4.21. The predicted molar refractivity (Wildman–Crippen MR) is 62.5 cm³/mol. The van der Waals surface area contributed by atoms with E-state index in [9.17, 15) is 4.79 Å². The first kappa shape index (κ1) is 12.1. The molecule has 2 heterocycles. The summed E-state index contributed by atoms with van der Waals surface area (Å²) < 4.78 is 10.7. The van der Waals surface area contributed by atoms with Crippen molar-refractivity contribution in [3.8, 4) is 0 Å². The Hall–Kier alpha value is -1.33. The zero-order valence-corrected chi connectivity index (χ0v) is 9.94. The lowest BCUT2D eigenvalue weighted by Crippen LogP contribution is -2.41. The summed E-state index contributed by atoms with van der Waals surface area (Å²) in [6, 6.07) is 3.56. The molecule has 0 bridgehead atoms. The molecular formula is C12H18N2O3. The molecule has 1 saturated heterocycles. The summed E-state index contributed by atoms with van der Waals surface area (Å²) >= 11 is 0. The van der Waals surface area contributed by atoms with Crippen molar-refractivity contribution in [3.05, 3.63) is 24.2 Å². The highest BCUT2D eigenvalue weighted by atomic mass is 16.5. The Morgan fingerprint density at radius 1 is 1.71 bits per heavy atom. The third-order valence-electron chi connectivity index (χ3n) is 2.76. The van der Waals surface area contributed by atoms with E-state index in [0.29, 0.717) is 13.0 Å². The van der Waals surface area contributed by atoms with Crippen LogP contribution in [0.5, 0.6) is 0 Å². The summed E-state index contributed by atoms with van der Waals surface area (Å²) in [5.74, 6) is 0.753. The summed E-state index contributed by atoms with van der Waals surface area (Å²) in [5.41, 5.74) is 0. The van der Waals surface area contributed by atoms with Gasteiger partial charge in [-0.3, -0.25) is 4.79 Å². The van der Waals surface area contributed by atoms with Crippen LogP contribution < -0.4 is 10.6 Å². The molecular weight excluding hydrogens is 220 g/mol. The van der Waals surface area contributed by atoms with E-state index < -0.39 is 0 Å². The van der Waals surface area contributed by atoms with Crippen molar-refractivity contribution >= 4 is 5.91 Å². The lowest BCUT2D eigenvalue weighted by atomic mass is 10.2. The molecule has 1 unspecified atom stereocenters. The van der Waals surface area contributed by atoms with Crippen LogP contribution in [0.1, 0.15) is 25.1 Å². The molecule has 1 amide bonds. The third-order valence-corrected chi connectivity index (χ3v) is 2.76. The summed E-state index contributed by atoms with van der Waals surface area (Å²) in [6.45, 7) is 4.17. The minimum absolute atomic E-state index is 0.0115. The first-order chi connectivity index (χ1) is 8.25. The maximum atomic E-state index is 11.8. The van der Waals surface area contributed by atoms with E-state index in [1.807, 2.05) is 19.1 Å². The van der Waals surface area contributed by atoms with E-state index in [-0.39, 0.29) is 18.1 Å². The molecule has 0 aromatic carbocycles. The molecule has 0 radical (unpaired) electrons. The number of amides is 1. The summed E-state index contributed by atoms with van der Waals surface area (Å²) in [5, 5.41) is 6.09. The van der Waals surface area contributed by atoms with Crippen LogP contribution >= 0.6 is 0 Å². The molecule has 94 valence electrons. The lowest BCUT2D eigenvalue weighted by Gasteiger charge is -2.23. The van der Waals surface area contributed by atoms with Crippen LogP contribution in [-0.4, -0.2) is 31.7 Å². The molecule has 5 nitrogen and oxygen atoms in total. The normalized spacial score (nSPS) is 22.1. The molecule has 0 aliphatic carbocycles. The van der Waals surface area contributed by atoms with E-state index in [2.05, 4.69) is 10.6 Å². The van der Waals surface area contributed by atoms with Crippen LogP contribution in [0.2, 0.25) is 0 Å². The smallest absolute Gasteiger partial charge is 0.223 e. The average Bonchev–Trinajstić information content (AvgIpc) is 2.83. The first-order valence-electron chi connectivity index (χ1n) is 5.91. The fourth-order valence-corrected chi connectivity index (χ4v) is 1.87. The SMILES string of the molecule is C[C@@H](NC(=O)CC1CNCCO1)c1ccco1. The molecule has 1 aromatic heterocycles. The fourth-order valence-electron chi connectivity index (χ4n) is 1.87. The Kier molecular flexibility index (Phi) is 4.17. The van der Waals surface area contributed by atoms with E-state index in [1.165, 1.54) is 0 Å². The maximum absolute atomic E-state index is 11.8. The largest absolute Gasteiger partial charge is 0.467 e. The Morgan fingerprint density at radius 2 is 2.59 bits per heavy atom. The van der Waals surface area contributed by atoms with Crippen LogP contribution in [0.3, 0.4) is 0 Å². The molecule has 5 heteroatoms. The van der Waals surface area contributed by atoms with Gasteiger partial charge in [0.15, 0.2) is 0 Å². The second-order valence-corrected chi connectivity index (χ2v) is 4.21. The standard InChI is InChI=1S/C12H18N2O3/c1-9(11-3-2-5-17-11)14-12(15)7-10-8-13-4-6-16-10/h2-3,5,9-10,13H,4,6-8H2,1H3,(H,14,15)/t9-,10?/m1/s1. The number of hydrogen-bond donors (Lipinski definition) is 2. The van der Waals surface area contributed by atoms with Gasteiger partial charge in [0.05, 0.1) is 31.4 Å². The highest BCUT2D eigenvalue weighted by Crippen LogP contribution is 2.12.